The molecule has 9 nitrogen and oxygen atoms in total. The molecule has 3 aromatic rings. The van der Waals surface area contributed by atoms with E-state index < -0.39 is 18.5 Å². The Labute approximate surface area is 157 Å². The molecule has 1 aliphatic rings. The number of amides is 1. The lowest BCUT2D eigenvalue weighted by Crippen LogP contribution is -2.21. The molecular weight excluding hydrogens is 368 g/mol. The van der Waals surface area contributed by atoms with E-state index in [-0.39, 0.29) is 11.6 Å². The van der Waals surface area contributed by atoms with Gasteiger partial charge in [-0.25, -0.2) is 14.3 Å². The minimum atomic E-state index is -0.816. The highest BCUT2D eigenvalue weighted by Gasteiger charge is 2.24. The number of nitrogens with one attached hydrogen (secondary N) is 1. The molecule has 1 aliphatic carbocycles. The Morgan fingerprint density at radius 1 is 1.44 bits per heavy atom. The van der Waals surface area contributed by atoms with Crippen molar-refractivity contribution in [3.8, 4) is 6.07 Å². The maximum absolute atomic E-state index is 12.1. The van der Waals surface area contributed by atoms with Crippen LogP contribution in [0.4, 0.5) is 5.00 Å². The zero-order valence-electron chi connectivity index (χ0n) is 14.4. The highest BCUT2D eigenvalue weighted by atomic mass is 32.1. The van der Waals surface area contributed by atoms with Crippen molar-refractivity contribution in [1.29, 1.82) is 5.26 Å². The molecule has 0 saturated carbocycles. The summed E-state index contributed by atoms with van der Waals surface area (Å²) in [7, 11) is 0. The van der Waals surface area contributed by atoms with Gasteiger partial charge in [0.1, 0.15) is 11.1 Å². The van der Waals surface area contributed by atoms with Crippen molar-refractivity contribution in [3.05, 3.63) is 39.8 Å². The third kappa shape index (κ3) is 3.13. The largest absolute Gasteiger partial charge is 0.450 e. The number of thiophene rings is 1. The Morgan fingerprint density at radius 3 is 3.07 bits per heavy atom. The van der Waals surface area contributed by atoms with Crippen LogP contribution in [0.15, 0.2) is 12.3 Å². The van der Waals surface area contributed by atoms with Crippen molar-refractivity contribution >= 4 is 34.0 Å². The van der Waals surface area contributed by atoms with Crippen LogP contribution in [0.25, 0.3) is 5.78 Å². The number of fused-ring (bicyclic) bond motifs is 2. The third-order valence-electron chi connectivity index (χ3n) is 4.23. The average Bonchev–Trinajstić information content (AvgIpc) is 3.34. The van der Waals surface area contributed by atoms with E-state index in [1.54, 1.807) is 19.2 Å². The van der Waals surface area contributed by atoms with Gasteiger partial charge in [-0.1, -0.05) is 0 Å². The number of carbonyl (C=O) groups is 2. The summed E-state index contributed by atoms with van der Waals surface area (Å²) >= 11 is 1.41. The van der Waals surface area contributed by atoms with Gasteiger partial charge in [0.25, 0.3) is 17.5 Å². The Morgan fingerprint density at radius 2 is 2.30 bits per heavy atom. The summed E-state index contributed by atoms with van der Waals surface area (Å²) in [5, 5.41) is 16.5. The number of carbonyl (C=O) groups excluding carboxylic acids is 2. The number of hydrogen-bond donors (Lipinski definition) is 1. The van der Waals surface area contributed by atoms with Gasteiger partial charge in [-0.2, -0.15) is 10.2 Å². The summed E-state index contributed by atoms with van der Waals surface area (Å²) in [5.41, 5.74) is 2.29. The first-order valence-corrected chi connectivity index (χ1v) is 9.08. The molecule has 0 aliphatic heterocycles. The Hall–Kier alpha value is -3.32. The zero-order chi connectivity index (χ0) is 19.0. The highest BCUT2D eigenvalue weighted by Crippen LogP contribution is 2.38. The first kappa shape index (κ1) is 17.1. The van der Waals surface area contributed by atoms with E-state index in [4.69, 9.17) is 4.74 Å². The number of hydrogen-bond acceptors (Lipinski definition) is 8. The Balaban J connectivity index is 1.41. The lowest BCUT2D eigenvalue weighted by Gasteiger charge is -2.04. The van der Waals surface area contributed by atoms with Crippen LogP contribution in [0.3, 0.4) is 0 Å². The zero-order valence-corrected chi connectivity index (χ0v) is 15.2. The van der Waals surface area contributed by atoms with Crippen molar-refractivity contribution in [2.24, 2.45) is 0 Å². The summed E-state index contributed by atoms with van der Waals surface area (Å²) in [5.74, 6) is -1.22. The molecular formula is C17H14N6O3S. The van der Waals surface area contributed by atoms with Gasteiger partial charge in [-0.15, -0.1) is 16.4 Å². The number of nitrogens with zero attached hydrogens (tertiary/aromatic N) is 5. The molecule has 0 fully saturated rings. The number of aryl methyl sites for hydroxylation is 2. The fraction of sp³-hybridized carbons (Fsp3) is 0.294. The molecule has 0 saturated heterocycles. The number of esters is 1. The second-order valence-electron chi connectivity index (χ2n) is 6.03. The van der Waals surface area contributed by atoms with Crippen molar-refractivity contribution in [1.82, 2.24) is 19.6 Å². The number of aromatic nitrogens is 4. The normalized spacial score (nSPS) is 12.6. The Kier molecular flexibility index (Phi) is 4.29. The Bertz CT molecular complexity index is 1110. The maximum Gasteiger partial charge on any atom is 0.378 e. The van der Waals surface area contributed by atoms with Crippen LogP contribution in [-0.2, 0) is 22.4 Å². The molecule has 4 rings (SSSR count). The van der Waals surface area contributed by atoms with E-state index in [2.05, 4.69) is 26.5 Å². The van der Waals surface area contributed by atoms with Crippen LogP contribution in [0.2, 0.25) is 0 Å². The highest BCUT2D eigenvalue weighted by molar-refractivity contribution is 7.16. The van der Waals surface area contributed by atoms with Crippen molar-refractivity contribution in [2.75, 3.05) is 11.9 Å². The summed E-state index contributed by atoms with van der Waals surface area (Å²) < 4.78 is 6.41. The van der Waals surface area contributed by atoms with Gasteiger partial charge in [0.2, 0.25) is 0 Å². The van der Waals surface area contributed by atoms with Gasteiger partial charge in [0.15, 0.2) is 6.61 Å². The molecule has 1 N–H and O–H groups in total. The lowest BCUT2D eigenvalue weighted by atomic mass is 10.1. The monoisotopic (exact) mass is 382 g/mol. The fourth-order valence-corrected chi connectivity index (χ4v) is 4.22. The predicted molar refractivity (Wildman–Crippen MR) is 95.5 cm³/mol. The van der Waals surface area contributed by atoms with Crippen molar-refractivity contribution in [3.63, 3.8) is 0 Å². The van der Waals surface area contributed by atoms with Gasteiger partial charge in [-0.05, 0) is 37.8 Å². The van der Waals surface area contributed by atoms with Gasteiger partial charge in [0.05, 0.1) is 5.56 Å². The predicted octanol–water partition coefficient (Wildman–Crippen LogP) is 1.65. The van der Waals surface area contributed by atoms with Gasteiger partial charge in [-0.3, -0.25) is 4.79 Å². The number of anilines is 1. The molecule has 0 unspecified atom stereocenters. The standard InChI is InChI=1S/C17H14N6O3S/c1-9-5-6-19-17-21-14(22-23(9)17)16(25)26-8-13(24)20-15-11(7-18)10-3-2-4-12(10)27-15/h5-6H,2-4,8H2,1H3,(H,20,24). The fourth-order valence-electron chi connectivity index (χ4n) is 2.96. The summed E-state index contributed by atoms with van der Waals surface area (Å²) in [6, 6.07) is 3.88. The first-order valence-electron chi connectivity index (χ1n) is 8.27. The van der Waals surface area contributed by atoms with E-state index in [9.17, 15) is 14.9 Å². The van der Waals surface area contributed by atoms with Crippen LogP contribution in [-0.4, -0.2) is 38.1 Å². The van der Waals surface area contributed by atoms with Gasteiger partial charge in [0, 0.05) is 16.8 Å². The second kappa shape index (κ2) is 6.77. The minimum Gasteiger partial charge on any atom is -0.450 e. The molecule has 0 atom stereocenters. The van der Waals surface area contributed by atoms with Crippen LogP contribution in [0.5, 0.6) is 0 Å². The van der Waals surface area contributed by atoms with E-state index in [1.165, 1.54) is 15.9 Å². The topological polar surface area (TPSA) is 122 Å². The first-order chi connectivity index (χ1) is 13.1. The van der Waals surface area contributed by atoms with Crippen LogP contribution < -0.4 is 5.32 Å². The molecule has 0 radical (unpaired) electrons. The summed E-state index contributed by atoms with van der Waals surface area (Å²) in [6.45, 7) is 1.31. The molecule has 136 valence electrons. The number of ether oxygens (including phenoxy) is 1. The minimum absolute atomic E-state index is 0.169. The van der Waals surface area contributed by atoms with Gasteiger partial charge >= 0.3 is 5.97 Å². The molecule has 3 heterocycles. The lowest BCUT2D eigenvalue weighted by molar-refractivity contribution is -0.119. The molecule has 0 aromatic carbocycles. The average molecular weight is 382 g/mol. The van der Waals surface area contributed by atoms with Crippen LogP contribution in [0, 0.1) is 18.3 Å². The molecule has 0 spiro atoms. The van der Waals surface area contributed by atoms with E-state index >= 15 is 0 Å². The van der Waals surface area contributed by atoms with Crippen LogP contribution >= 0.6 is 11.3 Å². The molecule has 10 heteroatoms. The smallest absolute Gasteiger partial charge is 0.378 e. The molecule has 27 heavy (non-hydrogen) atoms. The van der Waals surface area contributed by atoms with Gasteiger partial charge < -0.3 is 10.1 Å². The maximum atomic E-state index is 12.1. The quantitative estimate of drug-likeness (QED) is 0.681. The van der Waals surface area contributed by atoms with E-state index in [0.29, 0.717) is 10.6 Å². The second-order valence-corrected chi connectivity index (χ2v) is 7.14. The SMILES string of the molecule is Cc1ccnc2nc(C(=O)OCC(=O)Nc3sc4c(c3C#N)CCC4)nn12. The molecule has 0 bridgehead atoms. The number of rotatable bonds is 4. The summed E-state index contributed by atoms with van der Waals surface area (Å²) in [4.78, 5) is 33.4. The molecule has 3 aromatic heterocycles. The van der Waals surface area contributed by atoms with Crippen molar-refractivity contribution in [2.45, 2.75) is 26.2 Å². The third-order valence-corrected chi connectivity index (χ3v) is 5.44. The number of nitriles is 1. The van der Waals surface area contributed by atoms with E-state index in [0.717, 1.165) is 35.4 Å². The van der Waals surface area contributed by atoms with E-state index in [1.807, 2.05) is 0 Å². The molecule has 1 amide bonds. The van der Waals surface area contributed by atoms with Crippen molar-refractivity contribution < 1.29 is 14.3 Å². The summed E-state index contributed by atoms with van der Waals surface area (Å²) in [6.07, 6.45) is 4.37. The van der Waals surface area contributed by atoms with Crippen LogP contribution in [0.1, 0.15) is 38.7 Å².